The number of rotatable bonds is 9. The van der Waals surface area contributed by atoms with E-state index < -0.39 is 12.4 Å². The summed E-state index contributed by atoms with van der Waals surface area (Å²) in [6.45, 7) is -2.96. The Bertz CT molecular complexity index is 1300. The maximum Gasteiger partial charge on any atom is 0.387 e. The summed E-state index contributed by atoms with van der Waals surface area (Å²) in [6, 6.07) is 22.2. The van der Waals surface area contributed by atoms with Gasteiger partial charge < -0.3 is 9.15 Å². The minimum absolute atomic E-state index is 0.0188. The molecule has 1 N–H and O–H groups in total. The predicted molar refractivity (Wildman–Crippen MR) is 132 cm³/mol. The second kappa shape index (κ2) is 11.7. The molecule has 0 saturated heterocycles. The van der Waals surface area contributed by atoms with Crippen LogP contribution in [0.25, 0.3) is 0 Å². The summed E-state index contributed by atoms with van der Waals surface area (Å²) in [5, 5.41) is 12.5. The Hall–Kier alpha value is -3.57. The van der Waals surface area contributed by atoms with Crippen LogP contribution < -0.4 is 10.2 Å². The fourth-order valence-corrected chi connectivity index (χ4v) is 3.83. The molecule has 0 fully saturated rings. The highest BCUT2D eigenvalue weighted by Crippen LogP contribution is 2.24. The fourth-order valence-electron chi connectivity index (χ4n) is 2.87. The van der Waals surface area contributed by atoms with Gasteiger partial charge in [0.05, 0.1) is 12.1 Å². The van der Waals surface area contributed by atoms with Gasteiger partial charge in [-0.25, -0.2) is 0 Å². The number of anilines is 1. The normalized spacial score (nSPS) is 11.5. The lowest BCUT2D eigenvalue weighted by Crippen LogP contribution is -2.13. The van der Waals surface area contributed by atoms with Crippen molar-refractivity contribution in [2.75, 3.05) is 5.43 Å². The number of aromatic nitrogens is 2. The minimum Gasteiger partial charge on any atom is -0.435 e. The van der Waals surface area contributed by atoms with E-state index in [1.54, 1.807) is 12.1 Å². The highest BCUT2D eigenvalue weighted by molar-refractivity contribution is 9.10. The number of hydrazone groups is 1. The molecular weight excluding hydrogens is 542 g/mol. The molecule has 35 heavy (non-hydrogen) atoms. The summed E-state index contributed by atoms with van der Waals surface area (Å²) in [6.07, 6.45) is 0.442. The van der Waals surface area contributed by atoms with Crippen molar-refractivity contribution >= 4 is 44.2 Å². The van der Waals surface area contributed by atoms with E-state index in [2.05, 4.69) is 41.4 Å². The molecule has 1 heterocycles. The molecule has 3 aromatic carbocycles. The molecule has 0 aliphatic heterocycles. The van der Waals surface area contributed by atoms with Gasteiger partial charge in [-0.1, -0.05) is 46.3 Å². The van der Waals surface area contributed by atoms with E-state index in [0.717, 1.165) is 21.8 Å². The van der Waals surface area contributed by atoms with Crippen molar-refractivity contribution in [3.05, 3.63) is 100 Å². The molecule has 4 aromatic rings. The molecule has 0 amide bonds. The molecule has 1 aromatic heterocycles. The zero-order valence-electron chi connectivity index (χ0n) is 17.9. The van der Waals surface area contributed by atoms with Crippen molar-refractivity contribution in [1.29, 1.82) is 0 Å². The Labute approximate surface area is 211 Å². The second-order valence-electron chi connectivity index (χ2n) is 6.99. The molecule has 0 aliphatic carbocycles. The van der Waals surface area contributed by atoms with Crippen LogP contribution in [0.3, 0.4) is 0 Å². The van der Waals surface area contributed by atoms with Gasteiger partial charge in [0.15, 0.2) is 5.04 Å². The SMILES string of the molecule is O=C(/C(=N/Nc1ccc(Br)cc1)Sc1nnc(Cc2ccccc2)o1)c1ccc(OC(F)F)cc1. The van der Waals surface area contributed by atoms with Crippen molar-refractivity contribution in [2.24, 2.45) is 5.10 Å². The monoisotopic (exact) mass is 558 g/mol. The molecular formula is C24H17BrF2N4O3S. The fraction of sp³-hybridized carbons (Fsp3) is 0.0833. The van der Waals surface area contributed by atoms with Crippen LogP contribution in [0.5, 0.6) is 5.75 Å². The van der Waals surface area contributed by atoms with Gasteiger partial charge in [-0.15, -0.1) is 10.2 Å². The van der Waals surface area contributed by atoms with Crippen LogP contribution >= 0.6 is 27.7 Å². The first-order valence-electron chi connectivity index (χ1n) is 10.2. The third-order valence-corrected chi connectivity index (χ3v) is 5.84. The molecule has 4 rings (SSSR count). The zero-order chi connectivity index (χ0) is 24.6. The molecule has 7 nitrogen and oxygen atoms in total. The van der Waals surface area contributed by atoms with Crippen LogP contribution in [-0.4, -0.2) is 27.6 Å². The van der Waals surface area contributed by atoms with E-state index in [4.69, 9.17) is 4.42 Å². The number of benzene rings is 3. The van der Waals surface area contributed by atoms with Gasteiger partial charge in [0.2, 0.25) is 11.7 Å². The van der Waals surface area contributed by atoms with E-state index in [0.29, 0.717) is 18.0 Å². The largest absolute Gasteiger partial charge is 0.435 e. The quantitative estimate of drug-likeness (QED) is 0.0832. The van der Waals surface area contributed by atoms with E-state index >= 15 is 0 Å². The van der Waals surface area contributed by atoms with Crippen molar-refractivity contribution < 1.29 is 22.7 Å². The van der Waals surface area contributed by atoms with Crippen LogP contribution in [0.1, 0.15) is 21.8 Å². The summed E-state index contributed by atoms with van der Waals surface area (Å²) in [5.41, 5.74) is 4.71. The third kappa shape index (κ3) is 7.20. The van der Waals surface area contributed by atoms with Crippen LogP contribution in [0.2, 0.25) is 0 Å². The summed E-state index contributed by atoms with van der Waals surface area (Å²) < 4.78 is 35.8. The highest BCUT2D eigenvalue weighted by Gasteiger charge is 2.20. The molecule has 178 valence electrons. The number of carbonyl (C=O) groups excluding carboxylic acids is 1. The number of alkyl halides is 2. The molecule has 0 spiro atoms. The number of thioether (sulfide) groups is 1. The molecule has 0 bridgehead atoms. The van der Waals surface area contributed by atoms with Crippen LogP contribution in [0.15, 0.2) is 98.1 Å². The number of nitrogens with one attached hydrogen (secondary N) is 1. The van der Waals surface area contributed by atoms with Crippen LogP contribution in [0.4, 0.5) is 14.5 Å². The third-order valence-electron chi connectivity index (χ3n) is 4.50. The number of hydrogen-bond acceptors (Lipinski definition) is 8. The summed E-state index contributed by atoms with van der Waals surface area (Å²) in [5.74, 6) is -0.135. The molecule has 11 heteroatoms. The van der Waals surface area contributed by atoms with Crippen molar-refractivity contribution in [2.45, 2.75) is 18.3 Å². The summed E-state index contributed by atoms with van der Waals surface area (Å²) in [7, 11) is 0. The summed E-state index contributed by atoms with van der Waals surface area (Å²) in [4.78, 5) is 13.2. The lowest BCUT2D eigenvalue weighted by molar-refractivity contribution is -0.0498. The average Bonchev–Trinajstić information content (AvgIpc) is 3.30. The lowest BCUT2D eigenvalue weighted by Gasteiger charge is -2.07. The number of halogens is 3. The van der Waals surface area contributed by atoms with Gasteiger partial charge in [-0.05, 0) is 65.9 Å². The van der Waals surface area contributed by atoms with E-state index in [1.165, 1.54) is 24.3 Å². The van der Waals surface area contributed by atoms with Gasteiger partial charge in [0.25, 0.3) is 5.22 Å². The Morgan fingerprint density at radius 1 is 1.03 bits per heavy atom. The zero-order valence-corrected chi connectivity index (χ0v) is 20.3. The van der Waals surface area contributed by atoms with Gasteiger partial charge in [-0.3, -0.25) is 10.2 Å². The topological polar surface area (TPSA) is 89.6 Å². The summed E-state index contributed by atoms with van der Waals surface area (Å²) >= 11 is 4.26. The smallest absolute Gasteiger partial charge is 0.387 e. The highest BCUT2D eigenvalue weighted by atomic mass is 79.9. The number of carbonyl (C=O) groups is 1. The first-order valence-corrected chi connectivity index (χ1v) is 11.8. The van der Waals surface area contributed by atoms with Gasteiger partial charge in [0, 0.05) is 10.0 Å². The van der Waals surface area contributed by atoms with Gasteiger partial charge in [-0.2, -0.15) is 13.9 Å². The minimum atomic E-state index is -2.96. The maximum absolute atomic E-state index is 13.2. The first-order chi connectivity index (χ1) is 17.0. The van der Waals surface area contributed by atoms with Crippen LogP contribution in [-0.2, 0) is 6.42 Å². The number of nitrogens with zero attached hydrogens (tertiary/aromatic N) is 3. The predicted octanol–water partition coefficient (Wildman–Crippen LogP) is 6.42. The molecule has 0 saturated carbocycles. The van der Waals surface area contributed by atoms with Crippen molar-refractivity contribution in [3.63, 3.8) is 0 Å². The molecule has 0 aliphatic rings. The lowest BCUT2D eigenvalue weighted by atomic mass is 10.1. The maximum atomic E-state index is 13.2. The van der Waals surface area contributed by atoms with Crippen molar-refractivity contribution in [1.82, 2.24) is 10.2 Å². The molecule has 0 unspecified atom stereocenters. The molecule has 0 atom stereocenters. The number of hydrogen-bond donors (Lipinski definition) is 1. The number of ketones is 1. The Morgan fingerprint density at radius 2 is 1.74 bits per heavy atom. The van der Waals surface area contributed by atoms with E-state index in [9.17, 15) is 13.6 Å². The molecule has 0 radical (unpaired) electrons. The van der Waals surface area contributed by atoms with E-state index in [-0.39, 0.29) is 21.6 Å². The Morgan fingerprint density at radius 3 is 2.43 bits per heavy atom. The number of ether oxygens (including phenoxy) is 1. The standard InChI is InChI=1S/C24H17BrF2N4O3S/c25-17-8-10-18(11-9-17)28-30-22(21(32)16-6-12-19(13-7-16)33-23(26)27)35-24-31-29-20(34-24)14-15-4-2-1-3-5-15/h1-13,23,28H,14H2/b30-22-. The number of Topliss-reactive ketones (excluding diaryl/α,β-unsaturated/α-hetero) is 1. The van der Waals surface area contributed by atoms with Gasteiger partial charge >= 0.3 is 6.61 Å². The van der Waals surface area contributed by atoms with Gasteiger partial charge in [0.1, 0.15) is 5.75 Å². The second-order valence-corrected chi connectivity index (χ2v) is 8.85. The van der Waals surface area contributed by atoms with Crippen LogP contribution in [0, 0.1) is 0 Å². The average molecular weight is 559 g/mol. The van der Waals surface area contributed by atoms with E-state index in [1.807, 2.05) is 42.5 Å². The van der Waals surface area contributed by atoms with Crippen molar-refractivity contribution in [3.8, 4) is 5.75 Å². The first kappa shape index (κ1) is 24.6. The Kier molecular flexibility index (Phi) is 8.22. The Balaban J connectivity index is 1.54.